The normalized spacial score (nSPS) is 39.1. The molecule has 2 saturated heterocycles. The zero-order valence-electron chi connectivity index (χ0n) is 19.0. The molecule has 2 aliphatic heterocycles. The molecule has 29 heavy (non-hydrogen) atoms. The second kappa shape index (κ2) is 9.04. The number of carbonyl (C=O) groups is 1. The van der Waals surface area contributed by atoms with Gasteiger partial charge in [-0.1, -0.05) is 25.0 Å². The maximum absolute atomic E-state index is 12.5. The van der Waals surface area contributed by atoms with Crippen molar-refractivity contribution in [2.75, 3.05) is 20.3 Å². The number of esters is 1. The second-order valence-corrected chi connectivity index (χ2v) is 9.48. The molecular formula is C23H39NO5. The Morgan fingerprint density at radius 1 is 1.38 bits per heavy atom. The lowest BCUT2D eigenvalue weighted by Gasteiger charge is -2.42. The van der Waals surface area contributed by atoms with Crippen LogP contribution in [-0.4, -0.2) is 61.8 Å². The van der Waals surface area contributed by atoms with Crippen LogP contribution >= 0.6 is 0 Å². The summed E-state index contributed by atoms with van der Waals surface area (Å²) in [5.41, 5.74) is 0.803. The van der Waals surface area contributed by atoms with E-state index >= 15 is 0 Å². The molecular weight excluding hydrogens is 370 g/mol. The van der Waals surface area contributed by atoms with E-state index in [1.165, 1.54) is 5.57 Å². The van der Waals surface area contributed by atoms with Crippen LogP contribution in [0.4, 0.5) is 0 Å². The summed E-state index contributed by atoms with van der Waals surface area (Å²) in [6, 6.07) is 0.308. The van der Waals surface area contributed by atoms with Crippen molar-refractivity contribution in [3.8, 4) is 0 Å². The molecule has 0 aromatic carbocycles. The minimum absolute atomic E-state index is 0.0640. The van der Waals surface area contributed by atoms with E-state index in [4.69, 9.17) is 18.9 Å². The summed E-state index contributed by atoms with van der Waals surface area (Å²) in [4.78, 5) is 12.5. The van der Waals surface area contributed by atoms with E-state index in [0.717, 1.165) is 38.7 Å². The van der Waals surface area contributed by atoms with Crippen LogP contribution in [-0.2, 0) is 23.7 Å². The van der Waals surface area contributed by atoms with Crippen molar-refractivity contribution in [1.29, 1.82) is 0 Å². The van der Waals surface area contributed by atoms with Gasteiger partial charge in [-0.05, 0) is 53.4 Å². The van der Waals surface area contributed by atoms with Crippen LogP contribution in [0.1, 0.15) is 66.7 Å². The van der Waals surface area contributed by atoms with Crippen molar-refractivity contribution in [3.05, 3.63) is 11.6 Å². The zero-order valence-corrected chi connectivity index (χ0v) is 19.0. The van der Waals surface area contributed by atoms with Gasteiger partial charge in [0.2, 0.25) is 0 Å². The molecule has 0 aromatic heterocycles. The number of nitrogens with one attached hydrogen (secondary N) is 1. The molecule has 6 nitrogen and oxygen atoms in total. The Balaban J connectivity index is 1.64. The van der Waals surface area contributed by atoms with E-state index < -0.39 is 0 Å². The van der Waals surface area contributed by atoms with Crippen molar-refractivity contribution < 1.29 is 23.7 Å². The van der Waals surface area contributed by atoms with Crippen LogP contribution in [0.15, 0.2) is 11.6 Å². The third-order valence-electron chi connectivity index (χ3n) is 6.84. The molecule has 0 amide bonds. The van der Waals surface area contributed by atoms with E-state index in [1.807, 2.05) is 0 Å². The van der Waals surface area contributed by atoms with Crippen LogP contribution in [0, 0.1) is 5.92 Å². The predicted molar refractivity (Wildman–Crippen MR) is 112 cm³/mol. The summed E-state index contributed by atoms with van der Waals surface area (Å²) >= 11 is 0. The molecule has 3 aliphatic rings. The van der Waals surface area contributed by atoms with Crippen LogP contribution in [0.3, 0.4) is 0 Å². The van der Waals surface area contributed by atoms with Gasteiger partial charge in [-0.3, -0.25) is 4.79 Å². The molecule has 6 heteroatoms. The van der Waals surface area contributed by atoms with E-state index in [9.17, 15) is 4.79 Å². The Kier molecular flexibility index (Phi) is 7.09. The van der Waals surface area contributed by atoms with Gasteiger partial charge in [0.05, 0.1) is 25.2 Å². The number of methoxy groups -OCH3 is 1. The van der Waals surface area contributed by atoms with E-state index in [1.54, 1.807) is 7.11 Å². The van der Waals surface area contributed by atoms with Crippen molar-refractivity contribution >= 4 is 5.97 Å². The Labute approximate surface area is 175 Å². The predicted octanol–water partition coefficient (Wildman–Crippen LogP) is 3.38. The van der Waals surface area contributed by atoms with Gasteiger partial charge in [0, 0.05) is 13.2 Å². The van der Waals surface area contributed by atoms with Gasteiger partial charge in [-0.15, -0.1) is 0 Å². The van der Waals surface area contributed by atoms with Gasteiger partial charge in [0.25, 0.3) is 0 Å². The summed E-state index contributed by atoms with van der Waals surface area (Å²) in [6.45, 7) is 11.6. The summed E-state index contributed by atoms with van der Waals surface area (Å²) in [7, 11) is 1.71. The Morgan fingerprint density at radius 3 is 2.69 bits per heavy atom. The summed E-state index contributed by atoms with van der Waals surface area (Å²) in [6.07, 6.45) is 6.57. The first-order valence-corrected chi connectivity index (χ1v) is 11.2. The SMILES string of the molecule is CCCC(C)NCC(=O)O[C@@H]1CC[C@]2(CO2)[C@@H]([C@]2(C)O[C@@H]2CC=C(C)C)[C@@H]1OC. The lowest BCUT2D eigenvalue weighted by Crippen LogP contribution is -2.56. The number of epoxide rings is 2. The average molecular weight is 410 g/mol. The van der Waals surface area contributed by atoms with Gasteiger partial charge in [0.15, 0.2) is 0 Å². The van der Waals surface area contributed by atoms with Crippen LogP contribution in [0.25, 0.3) is 0 Å². The molecule has 3 fully saturated rings. The summed E-state index contributed by atoms with van der Waals surface area (Å²) in [5, 5.41) is 3.25. The lowest BCUT2D eigenvalue weighted by molar-refractivity contribution is -0.171. The summed E-state index contributed by atoms with van der Waals surface area (Å²) < 4.78 is 24.0. The Bertz CT molecular complexity index is 612. The molecule has 1 aliphatic carbocycles. The highest BCUT2D eigenvalue weighted by atomic mass is 16.6. The number of carbonyl (C=O) groups excluding carboxylic acids is 1. The monoisotopic (exact) mass is 409 g/mol. The fourth-order valence-electron chi connectivity index (χ4n) is 5.07. The number of hydrogen-bond donors (Lipinski definition) is 1. The number of ether oxygens (including phenoxy) is 4. The van der Waals surface area contributed by atoms with E-state index in [2.05, 4.69) is 46.0 Å². The first-order valence-electron chi connectivity index (χ1n) is 11.2. The van der Waals surface area contributed by atoms with Crippen molar-refractivity contribution in [2.45, 2.75) is 102 Å². The molecule has 3 rings (SSSR count). The first kappa shape index (κ1) is 22.7. The number of hydrogen-bond acceptors (Lipinski definition) is 6. The highest BCUT2D eigenvalue weighted by molar-refractivity contribution is 5.72. The molecule has 7 atom stereocenters. The fourth-order valence-corrected chi connectivity index (χ4v) is 5.07. The average Bonchev–Trinajstić information content (AvgIpc) is 3.58. The highest BCUT2D eigenvalue weighted by Gasteiger charge is 2.72. The van der Waals surface area contributed by atoms with Crippen molar-refractivity contribution in [3.63, 3.8) is 0 Å². The molecule has 166 valence electrons. The van der Waals surface area contributed by atoms with Crippen molar-refractivity contribution in [2.24, 2.45) is 5.92 Å². The Morgan fingerprint density at radius 2 is 2.10 bits per heavy atom. The molecule has 0 radical (unpaired) electrons. The molecule has 0 bridgehead atoms. The highest BCUT2D eigenvalue weighted by Crippen LogP contribution is 2.59. The van der Waals surface area contributed by atoms with Gasteiger partial charge in [0.1, 0.15) is 23.4 Å². The standard InChI is InChI=1S/C23H39NO5/c1-7-8-16(4)24-13-19(25)28-17-11-12-23(14-27-23)21(20(17)26-6)22(5)18(29-22)10-9-15(2)3/h9,16-18,20-21,24H,7-8,10-14H2,1-6H3/t16?,17-,18-,20-,21-,22-,23+/m1/s1. The fraction of sp³-hybridized carbons (Fsp3) is 0.870. The minimum Gasteiger partial charge on any atom is -0.459 e. The maximum atomic E-state index is 12.5. The minimum atomic E-state index is -0.303. The molecule has 1 unspecified atom stereocenters. The first-order chi connectivity index (χ1) is 13.8. The molecule has 0 aromatic rings. The second-order valence-electron chi connectivity index (χ2n) is 9.48. The molecule has 1 spiro atoms. The zero-order chi connectivity index (χ0) is 21.2. The Hall–Kier alpha value is -0.950. The maximum Gasteiger partial charge on any atom is 0.320 e. The van der Waals surface area contributed by atoms with Gasteiger partial charge < -0.3 is 24.3 Å². The van der Waals surface area contributed by atoms with E-state index in [-0.39, 0.29) is 47.9 Å². The van der Waals surface area contributed by atoms with Crippen molar-refractivity contribution in [1.82, 2.24) is 5.32 Å². The van der Waals surface area contributed by atoms with Crippen LogP contribution in [0.5, 0.6) is 0 Å². The van der Waals surface area contributed by atoms with E-state index in [0.29, 0.717) is 6.04 Å². The molecule has 2 heterocycles. The number of allylic oxidation sites excluding steroid dienone is 1. The van der Waals surface area contributed by atoms with Crippen LogP contribution in [0.2, 0.25) is 0 Å². The van der Waals surface area contributed by atoms with Gasteiger partial charge >= 0.3 is 5.97 Å². The largest absolute Gasteiger partial charge is 0.459 e. The number of rotatable bonds is 10. The summed E-state index contributed by atoms with van der Waals surface area (Å²) in [5.74, 6) is -0.150. The lowest BCUT2D eigenvalue weighted by atomic mass is 9.68. The van der Waals surface area contributed by atoms with Gasteiger partial charge in [-0.25, -0.2) is 0 Å². The molecule has 1 N–H and O–H groups in total. The quantitative estimate of drug-likeness (QED) is 0.339. The van der Waals surface area contributed by atoms with Crippen LogP contribution < -0.4 is 5.32 Å². The third-order valence-corrected chi connectivity index (χ3v) is 6.84. The topological polar surface area (TPSA) is 72.6 Å². The third kappa shape index (κ3) is 5.04. The molecule has 1 saturated carbocycles. The van der Waals surface area contributed by atoms with Gasteiger partial charge in [-0.2, -0.15) is 0 Å². The smallest absolute Gasteiger partial charge is 0.320 e.